The van der Waals surface area contributed by atoms with Gasteiger partial charge in [0.1, 0.15) is 17.7 Å². The fourth-order valence-electron chi connectivity index (χ4n) is 3.47. The maximum atomic E-state index is 13.7. The van der Waals surface area contributed by atoms with Gasteiger partial charge in [0.2, 0.25) is 17.7 Å². The summed E-state index contributed by atoms with van der Waals surface area (Å²) in [5.74, 6) is -1.70. The van der Waals surface area contributed by atoms with Crippen molar-refractivity contribution in [2.24, 2.45) is 5.73 Å². The van der Waals surface area contributed by atoms with Crippen LogP contribution in [0.3, 0.4) is 0 Å². The number of hydrogen-bond donors (Lipinski definition) is 3. The van der Waals surface area contributed by atoms with Crippen molar-refractivity contribution in [3.05, 3.63) is 35.9 Å². The van der Waals surface area contributed by atoms with Gasteiger partial charge in [-0.2, -0.15) is 0 Å². The van der Waals surface area contributed by atoms with Gasteiger partial charge in [-0.15, -0.1) is 0 Å². The van der Waals surface area contributed by atoms with Crippen LogP contribution >= 0.6 is 0 Å². The summed E-state index contributed by atoms with van der Waals surface area (Å²) < 4.78 is 5.26. The van der Waals surface area contributed by atoms with E-state index in [0.29, 0.717) is 12.1 Å². The van der Waals surface area contributed by atoms with Crippen molar-refractivity contribution in [2.75, 3.05) is 6.54 Å². The standard InChI is InChI=1S/C25H40N4O5/c1-7-8-12-15-27-22(31)21(18-13-10-9-11-14-18)29(17(2)3)23(32)19(16-20(26)30)28-24(33)34-25(4,5)6/h9-11,13-14,17,19,21H,7-8,12,15-16H2,1-6H3,(H2,26,30)(H,27,31)(H,28,33). The Bertz CT molecular complexity index is 820. The van der Waals surface area contributed by atoms with Gasteiger partial charge in [0.05, 0.1) is 6.42 Å². The molecule has 0 aromatic heterocycles. The minimum Gasteiger partial charge on any atom is -0.444 e. The molecule has 9 heteroatoms. The number of carbonyl (C=O) groups is 4. The second-order valence-corrected chi connectivity index (χ2v) is 9.52. The molecule has 1 aromatic carbocycles. The van der Waals surface area contributed by atoms with E-state index in [9.17, 15) is 19.2 Å². The van der Waals surface area contributed by atoms with Gasteiger partial charge in [-0.25, -0.2) is 4.79 Å². The summed E-state index contributed by atoms with van der Waals surface area (Å²) in [5.41, 5.74) is 5.19. The molecule has 0 saturated carbocycles. The number of primary amides is 1. The van der Waals surface area contributed by atoms with Crippen molar-refractivity contribution in [1.29, 1.82) is 0 Å². The van der Waals surface area contributed by atoms with Crippen LogP contribution < -0.4 is 16.4 Å². The smallest absolute Gasteiger partial charge is 0.408 e. The highest BCUT2D eigenvalue weighted by Gasteiger charge is 2.38. The monoisotopic (exact) mass is 476 g/mol. The van der Waals surface area contributed by atoms with E-state index in [-0.39, 0.29) is 5.91 Å². The van der Waals surface area contributed by atoms with E-state index in [2.05, 4.69) is 17.6 Å². The van der Waals surface area contributed by atoms with Crippen LogP contribution in [-0.2, 0) is 19.1 Å². The topological polar surface area (TPSA) is 131 Å². The van der Waals surface area contributed by atoms with Crippen LogP contribution in [0.1, 0.15) is 78.8 Å². The van der Waals surface area contributed by atoms with E-state index in [4.69, 9.17) is 10.5 Å². The molecule has 190 valence electrons. The van der Waals surface area contributed by atoms with Crippen molar-refractivity contribution >= 4 is 23.8 Å². The van der Waals surface area contributed by atoms with Crippen molar-refractivity contribution in [2.45, 2.75) is 91.0 Å². The number of amides is 4. The molecule has 0 saturated heterocycles. The number of nitrogens with zero attached hydrogens (tertiary/aromatic N) is 1. The van der Waals surface area contributed by atoms with Crippen LogP contribution in [0.25, 0.3) is 0 Å². The van der Waals surface area contributed by atoms with Gasteiger partial charge in [-0.1, -0.05) is 50.1 Å². The predicted molar refractivity (Wildman–Crippen MR) is 131 cm³/mol. The number of carbonyl (C=O) groups excluding carboxylic acids is 4. The van der Waals surface area contributed by atoms with E-state index < -0.39 is 48.1 Å². The molecule has 0 radical (unpaired) electrons. The van der Waals surface area contributed by atoms with Crippen molar-refractivity contribution in [1.82, 2.24) is 15.5 Å². The first-order valence-electron chi connectivity index (χ1n) is 11.8. The zero-order valence-corrected chi connectivity index (χ0v) is 21.2. The van der Waals surface area contributed by atoms with E-state index >= 15 is 0 Å². The second-order valence-electron chi connectivity index (χ2n) is 9.52. The van der Waals surface area contributed by atoms with Crippen LogP contribution in [0.5, 0.6) is 0 Å². The number of benzene rings is 1. The Balaban J connectivity index is 3.31. The molecule has 0 aliphatic heterocycles. The summed E-state index contributed by atoms with van der Waals surface area (Å²) in [4.78, 5) is 52.5. The Morgan fingerprint density at radius 2 is 1.68 bits per heavy atom. The van der Waals surface area contributed by atoms with Gasteiger partial charge in [0, 0.05) is 12.6 Å². The molecule has 0 heterocycles. The summed E-state index contributed by atoms with van der Waals surface area (Å²) in [6, 6.07) is 6.27. The van der Waals surface area contributed by atoms with Crippen LogP contribution in [0.4, 0.5) is 4.79 Å². The van der Waals surface area contributed by atoms with E-state index in [1.165, 1.54) is 4.90 Å². The molecule has 1 aromatic rings. The Morgan fingerprint density at radius 1 is 1.06 bits per heavy atom. The fraction of sp³-hybridized carbons (Fsp3) is 0.600. The molecule has 0 aliphatic carbocycles. The molecule has 0 spiro atoms. The van der Waals surface area contributed by atoms with Gasteiger partial charge >= 0.3 is 6.09 Å². The average Bonchev–Trinajstić information content (AvgIpc) is 2.72. The largest absolute Gasteiger partial charge is 0.444 e. The average molecular weight is 477 g/mol. The lowest BCUT2D eigenvalue weighted by Gasteiger charge is -2.37. The highest BCUT2D eigenvalue weighted by atomic mass is 16.6. The third-order valence-electron chi connectivity index (χ3n) is 4.93. The van der Waals surface area contributed by atoms with Crippen LogP contribution in [-0.4, -0.2) is 52.9 Å². The SMILES string of the molecule is CCCCCNC(=O)C(c1ccccc1)N(C(=O)C(CC(N)=O)NC(=O)OC(C)(C)C)C(C)C. The Labute approximate surface area is 202 Å². The molecular weight excluding hydrogens is 436 g/mol. The highest BCUT2D eigenvalue weighted by molar-refractivity contribution is 5.94. The number of ether oxygens (including phenoxy) is 1. The maximum Gasteiger partial charge on any atom is 0.408 e. The minimum atomic E-state index is -1.28. The maximum absolute atomic E-state index is 13.7. The number of unbranched alkanes of at least 4 members (excludes halogenated alkanes) is 2. The first-order chi connectivity index (χ1) is 15.9. The minimum absolute atomic E-state index is 0.334. The number of nitrogens with one attached hydrogen (secondary N) is 2. The third kappa shape index (κ3) is 9.80. The van der Waals surface area contributed by atoms with Crippen LogP contribution in [0.2, 0.25) is 0 Å². The molecular formula is C25H40N4O5. The molecule has 9 nitrogen and oxygen atoms in total. The van der Waals surface area contributed by atoms with Gasteiger partial charge in [-0.3, -0.25) is 14.4 Å². The molecule has 0 aliphatic rings. The molecule has 0 fully saturated rings. The fourth-order valence-corrected chi connectivity index (χ4v) is 3.47. The van der Waals surface area contributed by atoms with Crippen molar-refractivity contribution < 1.29 is 23.9 Å². The van der Waals surface area contributed by atoms with Gasteiger partial charge in [0.25, 0.3) is 0 Å². The lowest BCUT2D eigenvalue weighted by molar-refractivity contribution is -0.145. The normalized spacial score (nSPS) is 13.0. The second kappa shape index (κ2) is 13.6. The summed E-state index contributed by atoms with van der Waals surface area (Å²) in [5, 5.41) is 5.38. The van der Waals surface area contributed by atoms with Gasteiger partial charge in [0.15, 0.2) is 0 Å². The first-order valence-corrected chi connectivity index (χ1v) is 11.8. The summed E-state index contributed by atoms with van der Waals surface area (Å²) in [6.07, 6.45) is 1.53. The van der Waals surface area contributed by atoms with Crippen molar-refractivity contribution in [3.8, 4) is 0 Å². The van der Waals surface area contributed by atoms with E-state index in [1.807, 2.05) is 6.07 Å². The Hall–Kier alpha value is -3.10. The quantitative estimate of drug-likeness (QED) is 0.399. The number of alkyl carbamates (subject to hydrolysis) is 1. The van der Waals surface area contributed by atoms with Crippen LogP contribution in [0, 0.1) is 0 Å². The molecule has 0 bridgehead atoms. The zero-order valence-electron chi connectivity index (χ0n) is 21.2. The lowest BCUT2D eigenvalue weighted by Crippen LogP contribution is -2.56. The van der Waals surface area contributed by atoms with E-state index in [1.54, 1.807) is 58.9 Å². The summed E-state index contributed by atoms with van der Waals surface area (Å²) in [6.45, 7) is 11.2. The Kier molecular flexibility index (Phi) is 11.5. The van der Waals surface area contributed by atoms with Crippen molar-refractivity contribution in [3.63, 3.8) is 0 Å². The van der Waals surface area contributed by atoms with E-state index in [0.717, 1.165) is 19.3 Å². The molecule has 34 heavy (non-hydrogen) atoms. The molecule has 4 amide bonds. The predicted octanol–water partition coefficient (Wildman–Crippen LogP) is 3.04. The number of rotatable bonds is 12. The lowest BCUT2D eigenvalue weighted by atomic mass is 10.0. The molecule has 2 atom stereocenters. The van der Waals surface area contributed by atoms with Crippen LogP contribution in [0.15, 0.2) is 30.3 Å². The highest BCUT2D eigenvalue weighted by Crippen LogP contribution is 2.25. The van der Waals surface area contributed by atoms with Gasteiger partial charge in [-0.05, 0) is 46.6 Å². The third-order valence-corrected chi connectivity index (χ3v) is 4.93. The summed E-state index contributed by atoms with van der Waals surface area (Å²) in [7, 11) is 0. The molecule has 4 N–H and O–H groups in total. The first kappa shape index (κ1) is 28.9. The summed E-state index contributed by atoms with van der Waals surface area (Å²) >= 11 is 0. The molecule has 1 rings (SSSR count). The molecule has 2 unspecified atom stereocenters. The van der Waals surface area contributed by atoms with Gasteiger partial charge < -0.3 is 26.0 Å². The zero-order chi connectivity index (χ0) is 25.9. The number of nitrogens with two attached hydrogens (primary N) is 1. The number of hydrogen-bond acceptors (Lipinski definition) is 5. The Morgan fingerprint density at radius 3 is 2.18 bits per heavy atom.